The summed E-state index contributed by atoms with van der Waals surface area (Å²) in [7, 11) is -4.24. The van der Waals surface area contributed by atoms with Gasteiger partial charge in [-0.15, -0.1) is 0 Å². The fraction of sp³-hybridized carbons (Fsp3) is 1.00. The molecular weight excluding hydrogens is 259 g/mol. The first-order valence-electron chi connectivity index (χ1n) is 7.18. The van der Waals surface area contributed by atoms with Crippen molar-refractivity contribution in [2.45, 2.75) is 77.6 Å². The maximum atomic E-state index is 10.2. The van der Waals surface area contributed by atoms with Gasteiger partial charge in [-0.2, -0.15) is 8.42 Å². The molecule has 0 aromatic carbocycles. The van der Waals surface area contributed by atoms with E-state index in [1.54, 1.807) is 0 Å². The molecular formula is C13H29LiO4S. The van der Waals surface area contributed by atoms with E-state index in [9.17, 15) is 8.42 Å². The van der Waals surface area contributed by atoms with Gasteiger partial charge in [0.15, 0.2) is 0 Å². The molecule has 0 aliphatic rings. The summed E-state index contributed by atoms with van der Waals surface area (Å²) in [6, 6.07) is 0. The molecule has 0 rings (SSSR count). The van der Waals surface area contributed by atoms with E-state index in [0.29, 0.717) is 6.42 Å². The Morgan fingerprint density at radius 3 is 1.58 bits per heavy atom. The normalized spacial score (nSPS) is 11.3. The van der Waals surface area contributed by atoms with Gasteiger partial charge < -0.3 is 1.43 Å². The van der Waals surface area contributed by atoms with Crippen molar-refractivity contribution in [3.63, 3.8) is 0 Å². The molecule has 0 saturated heterocycles. The van der Waals surface area contributed by atoms with Crippen LogP contribution in [0.3, 0.4) is 0 Å². The first-order chi connectivity index (χ1) is 8.56. The molecule has 6 heteroatoms. The van der Waals surface area contributed by atoms with Crippen LogP contribution in [-0.2, 0) is 14.6 Å². The van der Waals surface area contributed by atoms with Crippen molar-refractivity contribution in [3.05, 3.63) is 0 Å². The van der Waals surface area contributed by atoms with Crippen molar-refractivity contribution >= 4 is 10.4 Å². The predicted octanol–water partition coefficient (Wildman–Crippen LogP) is 1.23. The molecule has 0 aromatic heterocycles. The average molecular weight is 288 g/mol. The summed E-state index contributed by atoms with van der Waals surface area (Å²) >= 11 is 0. The largest absolute Gasteiger partial charge is 1.00 e. The Hall–Kier alpha value is 0.467. The van der Waals surface area contributed by atoms with Crippen LogP contribution >= 0.6 is 0 Å². The standard InChI is InChI=1S/C13H28O4S.Li.H/c1-2-3-4-5-6-7-8-9-10-11-12-13-17-18(14,15)16;;/h2-13H2,1H3,(H,14,15,16);;/q;+1;-1. The quantitative estimate of drug-likeness (QED) is 0.314. The molecule has 0 spiro atoms. The second kappa shape index (κ2) is 14.9. The minimum absolute atomic E-state index is 0. The topological polar surface area (TPSA) is 63.6 Å². The fourth-order valence-electron chi connectivity index (χ4n) is 1.93. The summed E-state index contributed by atoms with van der Waals surface area (Å²) in [5.41, 5.74) is 0. The molecule has 0 atom stereocenters. The van der Waals surface area contributed by atoms with Gasteiger partial charge >= 0.3 is 29.3 Å². The zero-order valence-electron chi connectivity index (χ0n) is 13.6. The summed E-state index contributed by atoms with van der Waals surface area (Å²) in [4.78, 5) is 0. The molecule has 0 unspecified atom stereocenters. The monoisotopic (exact) mass is 288 g/mol. The van der Waals surface area contributed by atoms with Gasteiger partial charge in [0.25, 0.3) is 0 Å². The smallest absolute Gasteiger partial charge is 1.00 e. The van der Waals surface area contributed by atoms with E-state index in [1.807, 2.05) is 0 Å². The number of hydrogen-bond acceptors (Lipinski definition) is 3. The molecule has 0 saturated carbocycles. The van der Waals surface area contributed by atoms with Gasteiger partial charge in [0.2, 0.25) is 0 Å². The Bertz CT molecular complexity index is 274. The van der Waals surface area contributed by atoms with E-state index in [2.05, 4.69) is 11.1 Å². The molecule has 0 radical (unpaired) electrons. The molecule has 0 heterocycles. The zero-order chi connectivity index (χ0) is 13.7. The summed E-state index contributed by atoms with van der Waals surface area (Å²) in [5.74, 6) is 0. The SMILES string of the molecule is CCCCCCCCCCCCCOS(=O)(=O)O.[H-].[Li+]. The van der Waals surface area contributed by atoms with Crippen molar-refractivity contribution < 1.29 is 37.4 Å². The van der Waals surface area contributed by atoms with E-state index >= 15 is 0 Å². The van der Waals surface area contributed by atoms with Crippen LogP contribution < -0.4 is 18.9 Å². The van der Waals surface area contributed by atoms with Crippen molar-refractivity contribution in [1.29, 1.82) is 0 Å². The van der Waals surface area contributed by atoms with Gasteiger partial charge in [-0.25, -0.2) is 4.18 Å². The maximum Gasteiger partial charge on any atom is 1.00 e. The third-order valence-corrected chi connectivity index (χ3v) is 3.44. The Labute approximate surface area is 132 Å². The molecule has 1 N–H and O–H groups in total. The van der Waals surface area contributed by atoms with Gasteiger partial charge in [0.05, 0.1) is 6.61 Å². The third-order valence-electron chi connectivity index (χ3n) is 2.98. The van der Waals surface area contributed by atoms with Crippen LogP contribution in [0.1, 0.15) is 79.0 Å². The van der Waals surface area contributed by atoms with Crippen molar-refractivity contribution in [1.82, 2.24) is 0 Å². The van der Waals surface area contributed by atoms with Crippen LogP contribution in [0, 0.1) is 0 Å². The Kier molecular flexibility index (Phi) is 17.0. The molecule has 0 bridgehead atoms. The van der Waals surface area contributed by atoms with E-state index in [-0.39, 0.29) is 26.9 Å². The van der Waals surface area contributed by atoms with Crippen LogP contribution in [0.25, 0.3) is 0 Å². The summed E-state index contributed by atoms with van der Waals surface area (Å²) in [5, 5.41) is 0. The zero-order valence-corrected chi connectivity index (χ0v) is 13.4. The van der Waals surface area contributed by atoms with Crippen LogP contribution in [0.15, 0.2) is 0 Å². The average Bonchev–Trinajstić information content (AvgIpc) is 2.29. The summed E-state index contributed by atoms with van der Waals surface area (Å²) < 4.78 is 33.1. The van der Waals surface area contributed by atoms with Crippen LogP contribution in [0.5, 0.6) is 0 Å². The van der Waals surface area contributed by atoms with E-state index in [4.69, 9.17) is 4.55 Å². The second-order valence-electron chi connectivity index (χ2n) is 4.79. The fourth-order valence-corrected chi connectivity index (χ4v) is 2.26. The van der Waals surface area contributed by atoms with Gasteiger partial charge in [0, 0.05) is 0 Å². The number of unbranched alkanes of at least 4 members (excludes halogenated alkanes) is 10. The molecule has 0 aromatic rings. The first kappa shape index (κ1) is 21.8. The number of rotatable bonds is 13. The van der Waals surface area contributed by atoms with Crippen molar-refractivity contribution in [2.75, 3.05) is 6.61 Å². The molecule has 0 fully saturated rings. The maximum absolute atomic E-state index is 10.2. The number of hydrogen-bond donors (Lipinski definition) is 1. The van der Waals surface area contributed by atoms with Gasteiger partial charge in [-0.3, -0.25) is 4.55 Å². The molecule has 0 aliphatic carbocycles. The molecule has 19 heavy (non-hydrogen) atoms. The van der Waals surface area contributed by atoms with Gasteiger partial charge in [0.1, 0.15) is 0 Å². The second-order valence-corrected chi connectivity index (χ2v) is 5.88. The molecule has 0 amide bonds. The molecule has 4 nitrogen and oxygen atoms in total. The van der Waals surface area contributed by atoms with Crippen LogP contribution in [0.2, 0.25) is 0 Å². The Balaban J connectivity index is -0.00000144. The van der Waals surface area contributed by atoms with Gasteiger partial charge in [-0.1, -0.05) is 71.1 Å². The van der Waals surface area contributed by atoms with Crippen molar-refractivity contribution in [3.8, 4) is 0 Å². The third kappa shape index (κ3) is 20.9. The minimum atomic E-state index is -4.24. The summed E-state index contributed by atoms with van der Waals surface area (Å²) in [6.07, 6.45) is 13.3. The van der Waals surface area contributed by atoms with Crippen LogP contribution in [-0.4, -0.2) is 19.6 Å². The van der Waals surface area contributed by atoms with E-state index in [1.165, 1.54) is 51.4 Å². The van der Waals surface area contributed by atoms with E-state index < -0.39 is 10.4 Å². The van der Waals surface area contributed by atoms with Crippen LogP contribution in [0.4, 0.5) is 0 Å². The van der Waals surface area contributed by atoms with Gasteiger partial charge in [-0.05, 0) is 6.42 Å². The first-order valence-corrected chi connectivity index (χ1v) is 8.54. The Morgan fingerprint density at radius 1 is 0.842 bits per heavy atom. The summed E-state index contributed by atoms with van der Waals surface area (Å²) in [6.45, 7) is 2.32. The predicted molar refractivity (Wildman–Crippen MR) is 75.1 cm³/mol. The van der Waals surface area contributed by atoms with E-state index in [0.717, 1.165) is 12.8 Å². The van der Waals surface area contributed by atoms with Crippen molar-refractivity contribution in [2.24, 2.45) is 0 Å². The molecule has 112 valence electrons. The Morgan fingerprint density at radius 2 is 1.21 bits per heavy atom. The molecule has 0 aliphatic heterocycles. The minimum Gasteiger partial charge on any atom is -1.00 e.